The molecular formula is C16H18Cl2N2. The van der Waals surface area contributed by atoms with Gasteiger partial charge in [-0.25, -0.2) is 0 Å². The maximum absolute atomic E-state index is 6.14. The van der Waals surface area contributed by atoms with Crippen molar-refractivity contribution in [1.29, 1.82) is 0 Å². The minimum Gasteiger partial charge on any atom is -0.399 e. The van der Waals surface area contributed by atoms with Gasteiger partial charge in [-0.3, -0.25) is 0 Å². The van der Waals surface area contributed by atoms with E-state index < -0.39 is 0 Å². The molecule has 106 valence electrons. The Hall–Kier alpha value is -1.38. The lowest BCUT2D eigenvalue weighted by Gasteiger charge is -2.12. The SMILES string of the molecule is CC(C)c1ccc(CNc2c(Cl)cc(N)cc2Cl)cc1. The molecule has 0 bridgehead atoms. The van der Waals surface area contributed by atoms with Crippen LogP contribution >= 0.6 is 23.2 Å². The van der Waals surface area contributed by atoms with Gasteiger partial charge in [0.25, 0.3) is 0 Å². The summed E-state index contributed by atoms with van der Waals surface area (Å²) in [6, 6.07) is 11.9. The maximum Gasteiger partial charge on any atom is 0.0723 e. The molecule has 0 aliphatic heterocycles. The Morgan fingerprint density at radius 1 is 1.05 bits per heavy atom. The highest BCUT2D eigenvalue weighted by atomic mass is 35.5. The van der Waals surface area contributed by atoms with E-state index in [-0.39, 0.29) is 0 Å². The van der Waals surface area contributed by atoms with Gasteiger partial charge >= 0.3 is 0 Å². The zero-order valence-corrected chi connectivity index (χ0v) is 13.1. The van der Waals surface area contributed by atoms with E-state index in [4.69, 9.17) is 28.9 Å². The summed E-state index contributed by atoms with van der Waals surface area (Å²) in [5, 5.41) is 4.33. The molecule has 0 aromatic heterocycles. The molecule has 0 unspecified atom stereocenters. The minimum absolute atomic E-state index is 0.536. The summed E-state index contributed by atoms with van der Waals surface area (Å²) in [6.07, 6.45) is 0. The second-order valence-electron chi connectivity index (χ2n) is 5.11. The number of benzene rings is 2. The average molecular weight is 309 g/mol. The molecule has 0 aliphatic carbocycles. The Morgan fingerprint density at radius 3 is 2.10 bits per heavy atom. The second kappa shape index (κ2) is 6.38. The van der Waals surface area contributed by atoms with Crippen LogP contribution in [0.15, 0.2) is 36.4 Å². The van der Waals surface area contributed by atoms with Crippen molar-refractivity contribution in [3.8, 4) is 0 Å². The van der Waals surface area contributed by atoms with Gasteiger partial charge in [0.15, 0.2) is 0 Å². The summed E-state index contributed by atoms with van der Waals surface area (Å²) in [5.74, 6) is 0.540. The van der Waals surface area contributed by atoms with Crippen LogP contribution < -0.4 is 11.1 Å². The largest absolute Gasteiger partial charge is 0.399 e. The van der Waals surface area contributed by atoms with E-state index in [2.05, 4.69) is 43.4 Å². The van der Waals surface area contributed by atoms with Crippen LogP contribution in [-0.4, -0.2) is 0 Å². The zero-order chi connectivity index (χ0) is 14.7. The van der Waals surface area contributed by atoms with Crippen molar-refractivity contribution in [2.45, 2.75) is 26.3 Å². The predicted molar refractivity (Wildman–Crippen MR) is 88.7 cm³/mol. The minimum atomic E-state index is 0.536. The lowest BCUT2D eigenvalue weighted by Crippen LogP contribution is -2.01. The molecule has 2 rings (SSSR count). The summed E-state index contributed by atoms with van der Waals surface area (Å²) in [7, 11) is 0. The number of rotatable bonds is 4. The molecule has 2 aromatic rings. The molecular weight excluding hydrogens is 291 g/mol. The number of nitrogens with one attached hydrogen (secondary N) is 1. The van der Waals surface area contributed by atoms with E-state index >= 15 is 0 Å². The molecule has 0 atom stereocenters. The van der Waals surface area contributed by atoms with E-state index in [1.165, 1.54) is 11.1 Å². The quantitative estimate of drug-likeness (QED) is 0.751. The van der Waals surface area contributed by atoms with Crippen LogP contribution in [0.25, 0.3) is 0 Å². The van der Waals surface area contributed by atoms with E-state index in [0.29, 0.717) is 28.2 Å². The van der Waals surface area contributed by atoms with E-state index in [9.17, 15) is 0 Å². The summed E-state index contributed by atoms with van der Waals surface area (Å²) in [4.78, 5) is 0. The molecule has 3 N–H and O–H groups in total. The first-order valence-electron chi connectivity index (χ1n) is 6.54. The lowest BCUT2D eigenvalue weighted by molar-refractivity contribution is 0.865. The van der Waals surface area contributed by atoms with Crippen molar-refractivity contribution in [3.63, 3.8) is 0 Å². The lowest BCUT2D eigenvalue weighted by atomic mass is 10.0. The topological polar surface area (TPSA) is 38.0 Å². The molecule has 0 amide bonds. The molecule has 0 spiro atoms. The van der Waals surface area contributed by atoms with Gasteiger partial charge in [0.1, 0.15) is 0 Å². The third-order valence-corrected chi connectivity index (χ3v) is 3.78. The molecule has 0 saturated heterocycles. The molecule has 20 heavy (non-hydrogen) atoms. The normalized spacial score (nSPS) is 10.8. The third-order valence-electron chi connectivity index (χ3n) is 3.18. The number of nitrogen functional groups attached to an aromatic ring is 1. The van der Waals surface area contributed by atoms with Crippen LogP contribution in [0.1, 0.15) is 30.9 Å². The molecule has 0 fully saturated rings. The Kier molecular flexibility index (Phi) is 4.79. The number of nitrogens with two attached hydrogens (primary N) is 1. The summed E-state index contributed by atoms with van der Waals surface area (Å²) in [6.45, 7) is 5.03. The summed E-state index contributed by atoms with van der Waals surface area (Å²) >= 11 is 12.3. The Morgan fingerprint density at radius 2 is 1.60 bits per heavy atom. The smallest absolute Gasteiger partial charge is 0.0723 e. The van der Waals surface area contributed by atoms with Crippen molar-refractivity contribution in [3.05, 3.63) is 57.6 Å². The van der Waals surface area contributed by atoms with E-state index in [1.807, 2.05) is 0 Å². The monoisotopic (exact) mass is 308 g/mol. The van der Waals surface area contributed by atoms with Crippen molar-refractivity contribution in [2.24, 2.45) is 0 Å². The fourth-order valence-electron chi connectivity index (χ4n) is 1.97. The molecule has 0 saturated carbocycles. The van der Waals surface area contributed by atoms with Crippen molar-refractivity contribution >= 4 is 34.6 Å². The molecule has 0 heterocycles. The van der Waals surface area contributed by atoms with Gasteiger partial charge < -0.3 is 11.1 Å². The highest BCUT2D eigenvalue weighted by molar-refractivity contribution is 6.39. The molecule has 2 nitrogen and oxygen atoms in total. The van der Waals surface area contributed by atoms with Crippen LogP contribution in [0.5, 0.6) is 0 Å². The first-order valence-corrected chi connectivity index (χ1v) is 7.30. The van der Waals surface area contributed by atoms with Crippen LogP contribution in [0.2, 0.25) is 10.0 Å². The standard InChI is InChI=1S/C16H18Cl2N2/c1-10(2)12-5-3-11(4-6-12)9-20-16-14(17)7-13(19)8-15(16)18/h3-8,10,20H,9,19H2,1-2H3. The maximum atomic E-state index is 6.14. The van der Waals surface area contributed by atoms with Crippen molar-refractivity contribution in [1.82, 2.24) is 0 Å². The number of hydrogen-bond acceptors (Lipinski definition) is 2. The van der Waals surface area contributed by atoms with Gasteiger partial charge in [0, 0.05) is 12.2 Å². The van der Waals surface area contributed by atoms with Crippen LogP contribution in [0, 0.1) is 0 Å². The summed E-state index contributed by atoms with van der Waals surface area (Å²) < 4.78 is 0. The molecule has 4 heteroatoms. The van der Waals surface area contributed by atoms with E-state index in [1.54, 1.807) is 12.1 Å². The number of hydrogen-bond donors (Lipinski definition) is 2. The van der Waals surface area contributed by atoms with Gasteiger partial charge in [-0.05, 0) is 29.2 Å². The third kappa shape index (κ3) is 3.59. The van der Waals surface area contributed by atoms with Crippen molar-refractivity contribution in [2.75, 3.05) is 11.1 Å². The average Bonchev–Trinajstić information content (AvgIpc) is 2.38. The first kappa shape index (κ1) is 15.0. The first-order chi connectivity index (χ1) is 9.47. The van der Waals surface area contributed by atoms with Gasteiger partial charge in [-0.2, -0.15) is 0 Å². The fraction of sp³-hybridized carbons (Fsp3) is 0.250. The number of halogens is 2. The van der Waals surface area contributed by atoms with Crippen LogP contribution in [0.3, 0.4) is 0 Å². The Bertz CT molecular complexity index is 569. The van der Waals surface area contributed by atoms with Crippen LogP contribution in [-0.2, 0) is 6.54 Å². The van der Waals surface area contributed by atoms with Crippen molar-refractivity contribution < 1.29 is 0 Å². The predicted octanol–water partition coefficient (Wildman–Crippen LogP) is 5.31. The summed E-state index contributed by atoms with van der Waals surface area (Å²) in [5.41, 5.74) is 9.47. The highest BCUT2D eigenvalue weighted by Gasteiger charge is 2.07. The van der Waals surface area contributed by atoms with Crippen LogP contribution in [0.4, 0.5) is 11.4 Å². The van der Waals surface area contributed by atoms with Gasteiger partial charge in [-0.15, -0.1) is 0 Å². The highest BCUT2D eigenvalue weighted by Crippen LogP contribution is 2.33. The Balaban J connectivity index is 2.09. The number of anilines is 2. The second-order valence-corrected chi connectivity index (χ2v) is 5.92. The zero-order valence-electron chi connectivity index (χ0n) is 11.6. The molecule has 0 radical (unpaired) electrons. The van der Waals surface area contributed by atoms with Gasteiger partial charge in [0.2, 0.25) is 0 Å². The molecule has 2 aromatic carbocycles. The van der Waals surface area contributed by atoms with Gasteiger partial charge in [0.05, 0.1) is 15.7 Å². The fourth-order valence-corrected chi connectivity index (χ4v) is 2.61. The van der Waals surface area contributed by atoms with E-state index in [0.717, 1.165) is 5.69 Å². The Labute approximate surface area is 129 Å². The van der Waals surface area contributed by atoms with Gasteiger partial charge in [-0.1, -0.05) is 61.3 Å². The molecule has 0 aliphatic rings.